The lowest BCUT2D eigenvalue weighted by molar-refractivity contribution is 0.0477. The Morgan fingerprint density at radius 3 is 2.53 bits per heavy atom. The number of alkyl carbamates (subject to hydrolysis) is 1. The zero-order valence-corrected chi connectivity index (χ0v) is 11.8. The fourth-order valence-electron chi connectivity index (χ4n) is 1.35. The fraction of sp³-hybridized carbons (Fsp3) is 0.923. The molecular formula is C13H27NO3. The van der Waals surface area contributed by atoms with Crippen LogP contribution in [0.3, 0.4) is 0 Å². The van der Waals surface area contributed by atoms with E-state index >= 15 is 0 Å². The zero-order chi connectivity index (χ0) is 13.3. The molecule has 0 spiro atoms. The number of rotatable bonds is 7. The molecule has 102 valence electrons. The number of amides is 1. The van der Waals surface area contributed by atoms with Gasteiger partial charge in [-0.1, -0.05) is 13.3 Å². The molecule has 1 N–H and O–H groups in total. The second-order valence-electron chi connectivity index (χ2n) is 5.25. The molecule has 0 radical (unpaired) electrons. The first-order valence-electron chi connectivity index (χ1n) is 6.43. The number of nitrogens with one attached hydrogen (secondary N) is 1. The topological polar surface area (TPSA) is 47.6 Å². The summed E-state index contributed by atoms with van der Waals surface area (Å²) in [5.74, 6) is 0. The minimum atomic E-state index is -0.434. The Bertz CT molecular complexity index is 211. The minimum absolute atomic E-state index is 0.307. The van der Waals surface area contributed by atoms with Crippen LogP contribution in [0.4, 0.5) is 4.79 Å². The molecule has 4 heteroatoms. The van der Waals surface area contributed by atoms with Crippen LogP contribution >= 0.6 is 0 Å². The summed E-state index contributed by atoms with van der Waals surface area (Å²) in [7, 11) is 0. The lowest BCUT2D eigenvalue weighted by atomic mass is 10.2. The van der Waals surface area contributed by atoms with Gasteiger partial charge in [-0.15, -0.1) is 0 Å². The highest BCUT2D eigenvalue weighted by Crippen LogP contribution is 2.06. The Balaban J connectivity index is 3.43. The highest BCUT2D eigenvalue weighted by molar-refractivity contribution is 5.67. The van der Waals surface area contributed by atoms with Gasteiger partial charge < -0.3 is 14.8 Å². The fourth-order valence-corrected chi connectivity index (χ4v) is 1.35. The van der Waals surface area contributed by atoms with E-state index in [1.54, 1.807) is 0 Å². The predicted molar refractivity (Wildman–Crippen MR) is 69.2 cm³/mol. The summed E-state index contributed by atoms with van der Waals surface area (Å²) in [5, 5.41) is 2.70. The second kappa shape index (κ2) is 8.34. The van der Waals surface area contributed by atoms with Gasteiger partial charge in [-0.3, -0.25) is 0 Å². The highest BCUT2D eigenvalue weighted by atomic mass is 16.6. The van der Waals surface area contributed by atoms with Crippen LogP contribution in [0.1, 0.15) is 53.9 Å². The molecule has 0 aliphatic rings. The third kappa shape index (κ3) is 11.5. The third-order valence-corrected chi connectivity index (χ3v) is 2.09. The average molecular weight is 245 g/mol. The number of hydrogen-bond acceptors (Lipinski definition) is 3. The monoisotopic (exact) mass is 245 g/mol. The normalized spacial score (nSPS) is 13.2. The molecular weight excluding hydrogens is 218 g/mol. The lowest BCUT2D eigenvalue weighted by Gasteiger charge is -2.19. The molecule has 1 unspecified atom stereocenters. The van der Waals surface area contributed by atoms with Crippen molar-refractivity contribution in [3.63, 3.8) is 0 Å². The summed E-state index contributed by atoms with van der Waals surface area (Å²) in [4.78, 5) is 11.3. The van der Waals surface area contributed by atoms with Crippen LogP contribution < -0.4 is 5.32 Å². The predicted octanol–water partition coefficient (Wildman–Crippen LogP) is 3.11. The van der Waals surface area contributed by atoms with Crippen molar-refractivity contribution in [3.8, 4) is 0 Å². The molecule has 1 atom stereocenters. The molecule has 1 amide bonds. The van der Waals surface area contributed by atoms with Crippen LogP contribution in [-0.2, 0) is 9.47 Å². The van der Waals surface area contributed by atoms with E-state index in [1.165, 1.54) is 0 Å². The van der Waals surface area contributed by atoms with E-state index in [2.05, 4.69) is 19.2 Å². The van der Waals surface area contributed by atoms with Gasteiger partial charge in [0.15, 0.2) is 0 Å². The number of ether oxygens (including phenoxy) is 2. The maximum absolute atomic E-state index is 11.3. The van der Waals surface area contributed by atoms with Gasteiger partial charge in [0.2, 0.25) is 0 Å². The van der Waals surface area contributed by atoms with Gasteiger partial charge in [-0.25, -0.2) is 4.79 Å². The highest BCUT2D eigenvalue weighted by Gasteiger charge is 2.15. The largest absolute Gasteiger partial charge is 0.444 e. The number of carbonyl (C=O) groups excluding carboxylic acids is 1. The van der Waals surface area contributed by atoms with Crippen LogP contribution in [0.25, 0.3) is 0 Å². The van der Waals surface area contributed by atoms with Gasteiger partial charge in [-0.2, -0.15) is 0 Å². The van der Waals surface area contributed by atoms with Gasteiger partial charge in [0.05, 0.1) is 6.10 Å². The molecule has 0 heterocycles. The van der Waals surface area contributed by atoms with Crippen LogP contribution in [0.15, 0.2) is 0 Å². The Hall–Kier alpha value is -0.770. The summed E-state index contributed by atoms with van der Waals surface area (Å²) >= 11 is 0. The van der Waals surface area contributed by atoms with Crippen LogP contribution in [0.5, 0.6) is 0 Å². The molecule has 0 aromatic heterocycles. The van der Waals surface area contributed by atoms with Crippen molar-refractivity contribution in [2.75, 3.05) is 13.2 Å². The Kier molecular flexibility index (Phi) is 7.96. The molecule has 0 aromatic carbocycles. The minimum Gasteiger partial charge on any atom is -0.444 e. The molecule has 4 nitrogen and oxygen atoms in total. The van der Waals surface area contributed by atoms with Crippen LogP contribution in [0.2, 0.25) is 0 Å². The summed E-state index contributed by atoms with van der Waals surface area (Å²) in [5.41, 5.74) is -0.434. The van der Waals surface area contributed by atoms with Gasteiger partial charge >= 0.3 is 6.09 Å². The van der Waals surface area contributed by atoms with Crippen molar-refractivity contribution in [1.29, 1.82) is 0 Å². The molecule has 0 saturated heterocycles. The SMILES string of the molecule is CCCC(C)OCCCNC(=O)OC(C)(C)C. The van der Waals surface area contributed by atoms with Crippen LogP contribution in [0, 0.1) is 0 Å². The van der Waals surface area contributed by atoms with E-state index in [0.29, 0.717) is 19.3 Å². The average Bonchev–Trinajstić information content (AvgIpc) is 2.14. The standard InChI is InChI=1S/C13H27NO3/c1-6-8-11(2)16-10-7-9-14-12(15)17-13(3,4)5/h11H,6-10H2,1-5H3,(H,14,15). The Labute approximate surface area is 105 Å². The van der Waals surface area contributed by atoms with Crippen molar-refractivity contribution in [2.45, 2.75) is 65.6 Å². The van der Waals surface area contributed by atoms with E-state index in [1.807, 2.05) is 20.8 Å². The molecule has 17 heavy (non-hydrogen) atoms. The maximum Gasteiger partial charge on any atom is 0.407 e. The first-order chi connectivity index (χ1) is 7.85. The molecule has 0 aliphatic heterocycles. The molecule has 0 rings (SSSR count). The zero-order valence-electron chi connectivity index (χ0n) is 11.8. The number of carbonyl (C=O) groups is 1. The van der Waals surface area contributed by atoms with Gasteiger partial charge in [0.25, 0.3) is 0 Å². The van der Waals surface area contributed by atoms with E-state index in [-0.39, 0.29) is 6.09 Å². The first kappa shape index (κ1) is 16.2. The van der Waals surface area contributed by atoms with Gasteiger partial charge in [-0.05, 0) is 40.5 Å². The van der Waals surface area contributed by atoms with E-state index < -0.39 is 5.60 Å². The molecule has 0 saturated carbocycles. The lowest BCUT2D eigenvalue weighted by Crippen LogP contribution is -2.33. The Morgan fingerprint density at radius 2 is 2.00 bits per heavy atom. The van der Waals surface area contributed by atoms with E-state index in [9.17, 15) is 4.79 Å². The third-order valence-electron chi connectivity index (χ3n) is 2.09. The molecule has 0 aliphatic carbocycles. The summed E-state index contributed by atoms with van der Waals surface area (Å²) < 4.78 is 10.7. The van der Waals surface area contributed by atoms with Gasteiger partial charge in [0, 0.05) is 13.2 Å². The van der Waals surface area contributed by atoms with Crippen molar-refractivity contribution in [3.05, 3.63) is 0 Å². The van der Waals surface area contributed by atoms with Crippen LogP contribution in [-0.4, -0.2) is 30.9 Å². The summed E-state index contributed by atoms with van der Waals surface area (Å²) in [6.45, 7) is 11.0. The van der Waals surface area contributed by atoms with E-state index in [4.69, 9.17) is 9.47 Å². The quantitative estimate of drug-likeness (QED) is 0.701. The van der Waals surface area contributed by atoms with Crippen molar-refractivity contribution >= 4 is 6.09 Å². The summed E-state index contributed by atoms with van der Waals surface area (Å²) in [6, 6.07) is 0. The molecule has 0 fully saturated rings. The maximum atomic E-state index is 11.3. The smallest absolute Gasteiger partial charge is 0.407 e. The second-order valence-corrected chi connectivity index (χ2v) is 5.25. The van der Waals surface area contributed by atoms with Crippen molar-refractivity contribution in [1.82, 2.24) is 5.32 Å². The van der Waals surface area contributed by atoms with Crippen molar-refractivity contribution < 1.29 is 14.3 Å². The first-order valence-corrected chi connectivity index (χ1v) is 6.43. The molecule has 0 bridgehead atoms. The van der Waals surface area contributed by atoms with E-state index in [0.717, 1.165) is 19.3 Å². The summed E-state index contributed by atoms with van der Waals surface area (Å²) in [6.07, 6.45) is 2.98. The Morgan fingerprint density at radius 1 is 1.35 bits per heavy atom. The van der Waals surface area contributed by atoms with Crippen molar-refractivity contribution in [2.24, 2.45) is 0 Å². The van der Waals surface area contributed by atoms with Gasteiger partial charge in [0.1, 0.15) is 5.60 Å². The molecule has 0 aromatic rings. The number of hydrogen-bond donors (Lipinski definition) is 1.